The number of carbonyl (C=O) groups excluding carboxylic acids is 1. The van der Waals surface area contributed by atoms with Crippen LogP contribution in [0.1, 0.15) is 12.1 Å². The highest BCUT2D eigenvalue weighted by atomic mass is 16.6. The van der Waals surface area contributed by atoms with Gasteiger partial charge in [-0.25, -0.2) is 15.3 Å². The molecule has 1 aromatic heterocycles. The number of imidazole rings is 1. The maximum absolute atomic E-state index is 11.9. The molecular formula is C16H21N5O3. The molecule has 0 spiro atoms. The minimum atomic E-state index is -0.341. The van der Waals surface area contributed by atoms with E-state index in [1.807, 2.05) is 24.4 Å². The van der Waals surface area contributed by atoms with E-state index >= 15 is 0 Å². The first kappa shape index (κ1) is 16.1. The van der Waals surface area contributed by atoms with E-state index in [9.17, 15) is 4.79 Å². The fraction of sp³-hybridized carbons (Fsp3) is 0.375. The van der Waals surface area contributed by atoms with E-state index in [2.05, 4.69) is 25.2 Å². The maximum Gasteiger partial charge on any atom is 0.345 e. The number of amides is 2. The second-order valence-electron chi connectivity index (χ2n) is 5.52. The Labute approximate surface area is 140 Å². The third kappa shape index (κ3) is 3.43. The van der Waals surface area contributed by atoms with Gasteiger partial charge in [0.25, 0.3) is 0 Å². The van der Waals surface area contributed by atoms with Crippen molar-refractivity contribution in [3.05, 3.63) is 36.4 Å². The Hall–Kier alpha value is -2.74. The van der Waals surface area contributed by atoms with Crippen molar-refractivity contribution >= 4 is 17.4 Å². The van der Waals surface area contributed by atoms with Gasteiger partial charge in [-0.05, 0) is 24.6 Å². The third-order valence-electron chi connectivity index (χ3n) is 3.91. The summed E-state index contributed by atoms with van der Waals surface area (Å²) < 4.78 is 5.83. The Balaban J connectivity index is 1.89. The molecule has 0 unspecified atom stereocenters. The molecule has 2 N–H and O–H groups in total. The Morgan fingerprint density at radius 1 is 1.54 bits per heavy atom. The molecule has 1 aromatic carbocycles. The Morgan fingerprint density at radius 2 is 2.42 bits per heavy atom. The summed E-state index contributed by atoms with van der Waals surface area (Å²) in [6, 6.07) is 5.36. The number of anilines is 2. The van der Waals surface area contributed by atoms with Crippen molar-refractivity contribution in [1.82, 2.24) is 15.4 Å². The van der Waals surface area contributed by atoms with Crippen LogP contribution in [-0.4, -0.2) is 43.3 Å². The van der Waals surface area contributed by atoms with Gasteiger partial charge in [0.15, 0.2) is 0 Å². The molecule has 0 saturated carbocycles. The Kier molecular flexibility index (Phi) is 4.85. The molecule has 0 bridgehead atoms. The zero-order chi connectivity index (χ0) is 16.9. The first-order valence-corrected chi connectivity index (χ1v) is 7.75. The van der Waals surface area contributed by atoms with Crippen LogP contribution in [0.4, 0.5) is 16.2 Å². The molecule has 1 aliphatic rings. The largest absolute Gasteiger partial charge is 0.491 e. The van der Waals surface area contributed by atoms with E-state index in [1.54, 1.807) is 13.4 Å². The van der Waals surface area contributed by atoms with Gasteiger partial charge in [0.2, 0.25) is 0 Å². The van der Waals surface area contributed by atoms with Crippen molar-refractivity contribution < 1.29 is 14.4 Å². The fourth-order valence-electron chi connectivity index (χ4n) is 2.66. The summed E-state index contributed by atoms with van der Waals surface area (Å²) in [7, 11) is 3.09. The Morgan fingerprint density at radius 3 is 3.17 bits per heavy atom. The number of aromatic nitrogens is 2. The van der Waals surface area contributed by atoms with Gasteiger partial charge in [0.05, 0.1) is 38.0 Å². The summed E-state index contributed by atoms with van der Waals surface area (Å²) in [4.78, 5) is 27.5. The van der Waals surface area contributed by atoms with Crippen LogP contribution in [0.15, 0.2) is 30.7 Å². The first-order chi connectivity index (χ1) is 11.7. The predicted octanol–water partition coefficient (Wildman–Crippen LogP) is 1.91. The van der Waals surface area contributed by atoms with Crippen LogP contribution in [0.2, 0.25) is 0 Å². The molecule has 0 aliphatic carbocycles. The summed E-state index contributed by atoms with van der Waals surface area (Å²) in [6.07, 6.45) is 4.41. The number of H-pyrrole nitrogens is 1. The molecule has 1 aliphatic heterocycles. The summed E-state index contributed by atoms with van der Waals surface area (Å²) in [5, 5.41) is 0. The van der Waals surface area contributed by atoms with Crippen LogP contribution in [0.5, 0.6) is 5.75 Å². The summed E-state index contributed by atoms with van der Waals surface area (Å²) in [5.41, 5.74) is 5.05. The highest BCUT2D eigenvalue weighted by Crippen LogP contribution is 2.35. The lowest BCUT2D eigenvalue weighted by Gasteiger charge is -2.25. The number of ether oxygens (including phenoxy) is 1. The van der Waals surface area contributed by atoms with Crippen molar-refractivity contribution in [3.8, 4) is 5.75 Å². The van der Waals surface area contributed by atoms with Gasteiger partial charge < -0.3 is 14.6 Å². The quantitative estimate of drug-likeness (QED) is 0.836. The highest BCUT2D eigenvalue weighted by Gasteiger charge is 2.20. The van der Waals surface area contributed by atoms with Gasteiger partial charge in [-0.1, -0.05) is 0 Å². The number of nitrogens with one attached hydrogen (secondary N) is 2. The Bertz CT molecular complexity index is 689. The molecule has 24 heavy (non-hydrogen) atoms. The number of urea groups is 1. The fourth-order valence-corrected chi connectivity index (χ4v) is 2.66. The second-order valence-corrected chi connectivity index (χ2v) is 5.52. The standard InChI is InChI=1S/C16H21N5O3/c1-20(16(22)19-23-2)13-4-5-15-14(8-13)21(6-3-7-24-15)10-12-9-17-11-18-12/h4-5,8-9,11H,3,6-7,10H2,1-2H3,(H,17,18)(H,19,22). The van der Waals surface area contributed by atoms with Crippen LogP contribution >= 0.6 is 0 Å². The second kappa shape index (κ2) is 7.22. The lowest BCUT2D eigenvalue weighted by Crippen LogP contribution is -2.36. The van der Waals surface area contributed by atoms with E-state index in [4.69, 9.17) is 4.74 Å². The number of benzene rings is 1. The van der Waals surface area contributed by atoms with E-state index in [1.165, 1.54) is 12.0 Å². The smallest absolute Gasteiger partial charge is 0.345 e. The number of hydrogen-bond acceptors (Lipinski definition) is 5. The van der Waals surface area contributed by atoms with Crippen LogP contribution in [0, 0.1) is 0 Å². The van der Waals surface area contributed by atoms with Crippen LogP contribution in [0.25, 0.3) is 0 Å². The number of fused-ring (bicyclic) bond motifs is 1. The number of hydrogen-bond donors (Lipinski definition) is 2. The average molecular weight is 331 g/mol. The molecule has 8 heteroatoms. The molecule has 2 aromatic rings. The molecule has 8 nitrogen and oxygen atoms in total. The zero-order valence-corrected chi connectivity index (χ0v) is 13.8. The van der Waals surface area contributed by atoms with E-state index < -0.39 is 0 Å². The minimum absolute atomic E-state index is 0.341. The summed E-state index contributed by atoms with van der Waals surface area (Å²) in [6.45, 7) is 2.24. The monoisotopic (exact) mass is 331 g/mol. The third-order valence-corrected chi connectivity index (χ3v) is 3.91. The van der Waals surface area contributed by atoms with Gasteiger partial charge in [0.1, 0.15) is 5.75 Å². The molecule has 0 saturated heterocycles. The molecular weight excluding hydrogens is 310 g/mol. The number of aromatic amines is 1. The summed E-state index contributed by atoms with van der Waals surface area (Å²) >= 11 is 0. The van der Waals surface area contributed by atoms with Gasteiger partial charge in [-0.3, -0.25) is 9.74 Å². The molecule has 0 fully saturated rings. The number of hydroxylamine groups is 1. The molecule has 0 radical (unpaired) electrons. The maximum atomic E-state index is 11.9. The van der Waals surface area contributed by atoms with Crippen LogP contribution in [0.3, 0.4) is 0 Å². The highest BCUT2D eigenvalue weighted by molar-refractivity contribution is 5.91. The topological polar surface area (TPSA) is 82.7 Å². The average Bonchev–Trinajstić information content (AvgIpc) is 3.02. The van der Waals surface area contributed by atoms with E-state index in [-0.39, 0.29) is 6.03 Å². The molecule has 0 atom stereocenters. The van der Waals surface area contributed by atoms with Crippen LogP contribution in [-0.2, 0) is 11.4 Å². The van der Waals surface area contributed by atoms with Crippen molar-refractivity contribution in [3.63, 3.8) is 0 Å². The molecule has 3 rings (SSSR count). The predicted molar refractivity (Wildman–Crippen MR) is 90.1 cm³/mol. The lowest BCUT2D eigenvalue weighted by atomic mass is 10.2. The SMILES string of the molecule is CONC(=O)N(C)c1ccc2c(c1)N(Cc1cnc[nH]1)CCCO2. The first-order valence-electron chi connectivity index (χ1n) is 7.75. The number of carbonyl (C=O) groups is 1. The van der Waals surface area contributed by atoms with Crippen LogP contribution < -0.4 is 20.0 Å². The molecule has 2 amide bonds. The number of nitrogens with zero attached hydrogens (tertiary/aromatic N) is 3. The van der Waals surface area contributed by atoms with Gasteiger partial charge >= 0.3 is 6.03 Å². The number of rotatable bonds is 4. The molecule has 2 heterocycles. The van der Waals surface area contributed by atoms with Crippen molar-refractivity contribution in [2.24, 2.45) is 0 Å². The van der Waals surface area contributed by atoms with Crippen molar-refractivity contribution in [2.45, 2.75) is 13.0 Å². The van der Waals surface area contributed by atoms with Crippen molar-refractivity contribution in [1.29, 1.82) is 0 Å². The zero-order valence-electron chi connectivity index (χ0n) is 13.8. The van der Waals surface area contributed by atoms with E-state index in [0.717, 1.165) is 35.8 Å². The van der Waals surface area contributed by atoms with Gasteiger partial charge in [-0.15, -0.1) is 0 Å². The van der Waals surface area contributed by atoms with Crippen molar-refractivity contribution in [2.75, 3.05) is 37.1 Å². The normalized spacial score (nSPS) is 13.7. The summed E-state index contributed by atoms with van der Waals surface area (Å²) in [5.74, 6) is 0.816. The van der Waals surface area contributed by atoms with E-state index in [0.29, 0.717) is 13.2 Å². The van der Waals surface area contributed by atoms with Gasteiger partial charge in [0, 0.05) is 25.5 Å². The lowest BCUT2D eigenvalue weighted by molar-refractivity contribution is 0.111. The van der Waals surface area contributed by atoms with Gasteiger partial charge in [-0.2, -0.15) is 0 Å². The minimum Gasteiger partial charge on any atom is -0.491 e. The molecule has 128 valence electrons.